The van der Waals surface area contributed by atoms with Crippen molar-refractivity contribution in [3.05, 3.63) is 11.6 Å². The fraction of sp³-hybridized carbons (Fsp3) is 0.905. The van der Waals surface area contributed by atoms with Crippen molar-refractivity contribution < 1.29 is 10.8 Å². The molecule has 0 radical (unpaired) electrons. The maximum absolute atomic E-state index is 10.1. The smallest absolute Gasteiger partial charge is 0.0848 e. The number of quaternary nitrogens is 1. The minimum absolute atomic E-state index is 0.0809. The average molecular weight is 319 g/mol. The molecular formula is C21H36NO+. The Hall–Kier alpha value is -0.340. The molecule has 0 aromatic carbocycles. The fourth-order valence-electron chi connectivity index (χ4n) is 7.62. The van der Waals surface area contributed by atoms with Gasteiger partial charge >= 0.3 is 0 Å². The van der Waals surface area contributed by atoms with Crippen molar-refractivity contribution in [2.45, 2.75) is 84.3 Å². The van der Waals surface area contributed by atoms with E-state index < -0.39 is 0 Å². The first-order chi connectivity index (χ1) is 10.9. The van der Waals surface area contributed by atoms with Crippen LogP contribution in [0, 0.1) is 34.5 Å². The Balaban J connectivity index is 1.65. The lowest BCUT2D eigenvalue weighted by molar-refractivity contribution is -0.433. The molecule has 0 aromatic heterocycles. The van der Waals surface area contributed by atoms with E-state index in [1.165, 1.54) is 38.5 Å². The number of rotatable bonds is 1. The Morgan fingerprint density at radius 3 is 2.65 bits per heavy atom. The molecule has 0 aromatic rings. The molecule has 2 nitrogen and oxygen atoms in total. The molecule has 4 N–H and O–H groups in total. The molecule has 2 heteroatoms. The van der Waals surface area contributed by atoms with Gasteiger partial charge in [-0.3, -0.25) is 0 Å². The van der Waals surface area contributed by atoms with Crippen LogP contribution in [0.15, 0.2) is 11.6 Å². The summed E-state index contributed by atoms with van der Waals surface area (Å²) in [4.78, 5) is 0. The van der Waals surface area contributed by atoms with E-state index in [9.17, 15) is 5.11 Å². The van der Waals surface area contributed by atoms with Crippen molar-refractivity contribution in [1.29, 1.82) is 0 Å². The van der Waals surface area contributed by atoms with E-state index in [0.717, 1.165) is 36.5 Å². The van der Waals surface area contributed by atoms with Crippen molar-refractivity contribution in [1.82, 2.24) is 0 Å². The van der Waals surface area contributed by atoms with Crippen molar-refractivity contribution in [2.24, 2.45) is 34.5 Å². The molecule has 4 rings (SSSR count). The van der Waals surface area contributed by atoms with Gasteiger partial charge in [0.05, 0.1) is 12.1 Å². The largest absolute Gasteiger partial charge is 0.393 e. The maximum Gasteiger partial charge on any atom is 0.0848 e. The highest BCUT2D eigenvalue weighted by molar-refractivity contribution is 5.25. The number of aliphatic hydroxyl groups excluding tert-OH is 1. The summed E-state index contributed by atoms with van der Waals surface area (Å²) in [7, 11) is 0. The SMILES string of the molecule is C[C@@H]([NH3+])[C@@H]1CC[C@H]2[C@H]3CC=C4C[C@@H](O)CC[C@]4(C)[C@@H]3CC[C@@]21C. The zero-order chi connectivity index (χ0) is 16.4. The summed E-state index contributed by atoms with van der Waals surface area (Å²) in [5, 5.41) is 10.1. The van der Waals surface area contributed by atoms with Crippen molar-refractivity contribution in [3.63, 3.8) is 0 Å². The van der Waals surface area contributed by atoms with Crippen LogP contribution in [-0.2, 0) is 0 Å². The third-order valence-corrected chi connectivity index (χ3v) is 8.84. The molecule has 8 atom stereocenters. The third-order valence-electron chi connectivity index (χ3n) is 8.84. The molecule has 0 bridgehead atoms. The first-order valence-corrected chi connectivity index (χ1v) is 10.1. The molecule has 0 spiro atoms. The van der Waals surface area contributed by atoms with Crippen molar-refractivity contribution >= 4 is 0 Å². The summed E-state index contributed by atoms with van der Waals surface area (Å²) in [5.74, 6) is 3.50. The van der Waals surface area contributed by atoms with Gasteiger partial charge in [-0.2, -0.15) is 0 Å². The van der Waals surface area contributed by atoms with Crippen molar-refractivity contribution in [2.75, 3.05) is 0 Å². The zero-order valence-electron chi connectivity index (χ0n) is 15.4. The van der Waals surface area contributed by atoms with E-state index in [-0.39, 0.29) is 6.10 Å². The first kappa shape index (κ1) is 16.1. The maximum atomic E-state index is 10.1. The summed E-state index contributed by atoms with van der Waals surface area (Å²) in [6.45, 7) is 7.47. The monoisotopic (exact) mass is 318 g/mol. The Bertz CT molecular complexity index is 512. The highest BCUT2D eigenvalue weighted by atomic mass is 16.3. The Kier molecular flexibility index (Phi) is 3.74. The van der Waals surface area contributed by atoms with Gasteiger partial charge in [-0.05, 0) is 86.9 Å². The van der Waals surface area contributed by atoms with Gasteiger partial charge in [0.15, 0.2) is 0 Å². The minimum atomic E-state index is -0.0809. The lowest BCUT2D eigenvalue weighted by Crippen LogP contribution is -2.65. The standard InChI is InChI=1S/C21H35NO/c1-13(22)17-6-7-18-16-5-4-14-12-15(23)8-10-20(14,2)19(16)9-11-21(17,18)3/h4,13,15-19,23H,5-12,22H2,1-3H3/p+1/t13-,15+,16-,17+,18+,19-,20+,21-/m1/s1. The molecule has 3 fully saturated rings. The van der Waals surface area contributed by atoms with Gasteiger partial charge in [0.1, 0.15) is 0 Å². The Morgan fingerprint density at radius 1 is 1.13 bits per heavy atom. The summed E-state index contributed by atoms with van der Waals surface area (Å²) in [6, 6.07) is 0.594. The van der Waals surface area contributed by atoms with E-state index in [4.69, 9.17) is 0 Å². The average Bonchev–Trinajstić information content (AvgIpc) is 2.85. The lowest BCUT2D eigenvalue weighted by Gasteiger charge is -2.58. The van der Waals surface area contributed by atoms with E-state index in [2.05, 4.69) is 32.6 Å². The molecule has 4 aliphatic carbocycles. The molecule has 0 heterocycles. The van der Waals surface area contributed by atoms with Crippen LogP contribution in [-0.4, -0.2) is 17.3 Å². The van der Waals surface area contributed by atoms with E-state index in [1.807, 2.05) is 0 Å². The highest BCUT2D eigenvalue weighted by Gasteiger charge is 2.59. The van der Waals surface area contributed by atoms with Crippen LogP contribution in [0.5, 0.6) is 0 Å². The molecule has 0 unspecified atom stereocenters. The number of hydrogen-bond donors (Lipinski definition) is 2. The lowest BCUT2D eigenvalue weighted by atomic mass is 9.47. The molecule has 23 heavy (non-hydrogen) atoms. The summed E-state index contributed by atoms with van der Waals surface area (Å²) in [5.41, 5.74) is 6.93. The second-order valence-corrected chi connectivity index (χ2v) is 9.86. The van der Waals surface area contributed by atoms with E-state index in [1.54, 1.807) is 5.57 Å². The van der Waals surface area contributed by atoms with Gasteiger partial charge in [0.25, 0.3) is 0 Å². The van der Waals surface area contributed by atoms with Gasteiger partial charge in [-0.1, -0.05) is 25.5 Å². The molecule has 3 saturated carbocycles. The van der Waals surface area contributed by atoms with Crippen LogP contribution < -0.4 is 5.73 Å². The van der Waals surface area contributed by atoms with E-state index >= 15 is 0 Å². The molecule has 0 saturated heterocycles. The fourth-order valence-corrected chi connectivity index (χ4v) is 7.62. The number of fused-ring (bicyclic) bond motifs is 5. The third kappa shape index (κ3) is 2.20. The number of aliphatic hydroxyl groups is 1. The van der Waals surface area contributed by atoms with Crippen LogP contribution in [0.1, 0.15) is 72.1 Å². The van der Waals surface area contributed by atoms with Gasteiger partial charge in [0.2, 0.25) is 0 Å². The van der Waals surface area contributed by atoms with Crippen molar-refractivity contribution in [3.8, 4) is 0 Å². The van der Waals surface area contributed by atoms with Crippen LogP contribution in [0.3, 0.4) is 0 Å². The second-order valence-electron chi connectivity index (χ2n) is 9.86. The molecule has 0 amide bonds. The second kappa shape index (κ2) is 5.33. The Labute approximate surface area is 141 Å². The predicted molar refractivity (Wildman–Crippen MR) is 93.5 cm³/mol. The predicted octanol–water partition coefficient (Wildman–Crippen LogP) is 3.56. The Morgan fingerprint density at radius 2 is 1.91 bits per heavy atom. The van der Waals surface area contributed by atoms with Gasteiger partial charge in [-0.15, -0.1) is 0 Å². The van der Waals surface area contributed by atoms with Gasteiger partial charge < -0.3 is 10.8 Å². The van der Waals surface area contributed by atoms with E-state index in [0.29, 0.717) is 16.9 Å². The van der Waals surface area contributed by atoms with Crippen LogP contribution in [0.2, 0.25) is 0 Å². The number of allylic oxidation sites excluding steroid dienone is 1. The molecule has 4 aliphatic rings. The molecule has 130 valence electrons. The van der Waals surface area contributed by atoms with Crippen LogP contribution in [0.4, 0.5) is 0 Å². The topological polar surface area (TPSA) is 47.9 Å². The van der Waals surface area contributed by atoms with Gasteiger partial charge in [-0.25, -0.2) is 0 Å². The summed E-state index contributed by atoms with van der Waals surface area (Å²) in [6.07, 6.45) is 12.6. The molecule has 0 aliphatic heterocycles. The summed E-state index contributed by atoms with van der Waals surface area (Å²) >= 11 is 0. The van der Waals surface area contributed by atoms with Crippen LogP contribution >= 0.6 is 0 Å². The molecular weight excluding hydrogens is 282 g/mol. The highest BCUT2D eigenvalue weighted by Crippen LogP contribution is 2.66. The number of hydrogen-bond acceptors (Lipinski definition) is 1. The zero-order valence-corrected chi connectivity index (χ0v) is 15.4. The quantitative estimate of drug-likeness (QED) is 0.714. The minimum Gasteiger partial charge on any atom is -0.393 e. The van der Waals surface area contributed by atoms with Crippen LogP contribution in [0.25, 0.3) is 0 Å². The first-order valence-electron chi connectivity index (χ1n) is 10.1. The van der Waals surface area contributed by atoms with Gasteiger partial charge in [0, 0.05) is 5.92 Å². The normalized spacial score (nSPS) is 53.8. The summed E-state index contributed by atoms with van der Waals surface area (Å²) < 4.78 is 0.